The molecule has 4 amide bonds. The Morgan fingerprint density at radius 1 is 1.19 bits per heavy atom. The SMILES string of the molecule is CCN1C(=O)NC(=O)/C(=C2\Oc3ccccc3N2C)C1=O. The van der Waals surface area contributed by atoms with Crippen molar-refractivity contribution in [2.24, 2.45) is 0 Å². The van der Waals surface area contributed by atoms with E-state index in [2.05, 4.69) is 5.32 Å². The Morgan fingerprint density at radius 3 is 2.57 bits per heavy atom. The molecule has 0 aliphatic carbocycles. The van der Waals surface area contributed by atoms with Gasteiger partial charge in [0.25, 0.3) is 11.8 Å². The van der Waals surface area contributed by atoms with Crippen LogP contribution in [-0.2, 0) is 9.59 Å². The molecular formula is C14H13N3O4. The van der Waals surface area contributed by atoms with E-state index >= 15 is 0 Å². The third-order valence-corrected chi connectivity index (χ3v) is 3.42. The number of amides is 4. The van der Waals surface area contributed by atoms with Crippen LogP contribution in [0.2, 0.25) is 0 Å². The normalized spacial score (nSPS) is 21.3. The highest BCUT2D eigenvalue weighted by Gasteiger charge is 2.41. The lowest BCUT2D eigenvalue weighted by molar-refractivity contribution is -0.130. The number of hydrogen-bond acceptors (Lipinski definition) is 5. The van der Waals surface area contributed by atoms with Gasteiger partial charge in [0.1, 0.15) is 0 Å². The predicted molar refractivity (Wildman–Crippen MR) is 73.4 cm³/mol. The number of ether oxygens (including phenoxy) is 1. The van der Waals surface area contributed by atoms with Crippen LogP contribution in [0.3, 0.4) is 0 Å². The van der Waals surface area contributed by atoms with Crippen molar-refractivity contribution in [3.63, 3.8) is 0 Å². The largest absolute Gasteiger partial charge is 0.438 e. The second-order valence-corrected chi connectivity index (χ2v) is 4.62. The van der Waals surface area contributed by atoms with Gasteiger partial charge in [-0.15, -0.1) is 0 Å². The molecule has 2 aliphatic rings. The monoisotopic (exact) mass is 287 g/mol. The van der Waals surface area contributed by atoms with E-state index in [4.69, 9.17) is 4.74 Å². The summed E-state index contributed by atoms with van der Waals surface area (Å²) < 4.78 is 5.61. The standard InChI is InChI=1S/C14H13N3O4/c1-3-17-12(19)10(11(18)15-14(17)20)13-16(2)8-6-4-5-7-9(8)21-13/h4-7H,3H2,1-2H3,(H,15,18,20)/b13-10+. The molecule has 0 aromatic heterocycles. The zero-order valence-corrected chi connectivity index (χ0v) is 11.5. The van der Waals surface area contributed by atoms with Crippen molar-refractivity contribution in [1.82, 2.24) is 10.2 Å². The summed E-state index contributed by atoms with van der Waals surface area (Å²) >= 11 is 0. The maximum absolute atomic E-state index is 12.3. The molecule has 7 heteroatoms. The van der Waals surface area contributed by atoms with Crippen LogP contribution in [-0.4, -0.2) is 36.3 Å². The molecule has 2 aliphatic heterocycles. The molecule has 1 aromatic rings. The van der Waals surface area contributed by atoms with Crippen molar-refractivity contribution in [1.29, 1.82) is 0 Å². The topological polar surface area (TPSA) is 79.0 Å². The number of likely N-dealkylation sites (N-methyl/N-ethyl adjacent to an activating group) is 1. The summed E-state index contributed by atoms with van der Waals surface area (Å²) in [7, 11) is 1.70. The third kappa shape index (κ3) is 1.85. The number of fused-ring (bicyclic) bond motifs is 1. The lowest BCUT2D eigenvalue weighted by Gasteiger charge is -2.26. The molecule has 7 nitrogen and oxygen atoms in total. The van der Waals surface area contributed by atoms with E-state index < -0.39 is 17.8 Å². The van der Waals surface area contributed by atoms with Crippen molar-refractivity contribution >= 4 is 23.5 Å². The molecular weight excluding hydrogens is 274 g/mol. The van der Waals surface area contributed by atoms with Crippen molar-refractivity contribution < 1.29 is 19.1 Å². The second-order valence-electron chi connectivity index (χ2n) is 4.62. The van der Waals surface area contributed by atoms with Gasteiger partial charge in [-0.1, -0.05) is 12.1 Å². The maximum Gasteiger partial charge on any atom is 0.331 e. The van der Waals surface area contributed by atoms with E-state index in [1.807, 2.05) is 12.1 Å². The van der Waals surface area contributed by atoms with Gasteiger partial charge in [-0.05, 0) is 19.1 Å². The van der Waals surface area contributed by atoms with E-state index in [0.29, 0.717) is 5.75 Å². The van der Waals surface area contributed by atoms with E-state index in [1.165, 1.54) is 0 Å². The van der Waals surface area contributed by atoms with Crippen LogP contribution >= 0.6 is 0 Å². The fourth-order valence-electron chi connectivity index (χ4n) is 2.35. The Bertz CT molecular complexity index is 695. The van der Waals surface area contributed by atoms with Gasteiger partial charge in [0.05, 0.1) is 5.69 Å². The number of nitrogens with zero attached hydrogens (tertiary/aromatic N) is 2. The first-order valence-corrected chi connectivity index (χ1v) is 6.46. The fraction of sp³-hybridized carbons (Fsp3) is 0.214. The highest BCUT2D eigenvalue weighted by atomic mass is 16.5. The van der Waals surface area contributed by atoms with Crippen LogP contribution in [0.1, 0.15) is 6.92 Å². The van der Waals surface area contributed by atoms with Crippen molar-refractivity contribution in [2.45, 2.75) is 6.92 Å². The van der Waals surface area contributed by atoms with Crippen LogP contribution in [0.5, 0.6) is 5.75 Å². The minimum Gasteiger partial charge on any atom is -0.438 e. The predicted octanol–water partition coefficient (Wildman–Crippen LogP) is 0.825. The fourth-order valence-corrected chi connectivity index (χ4v) is 2.35. The Kier molecular flexibility index (Phi) is 2.90. The molecule has 0 radical (unpaired) electrons. The number of hydrogen-bond donors (Lipinski definition) is 1. The minimum absolute atomic E-state index is 0.129. The van der Waals surface area contributed by atoms with Gasteiger partial charge >= 0.3 is 6.03 Å². The Hall–Kier alpha value is -2.83. The minimum atomic E-state index is -0.746. The second kappa shape index (κ2) is 4.62. The van der Waals surface area contributed by atoms with Gasteiger partial charge in [0.2, 0.25) is 5.88 Å². The molecule has 0 saturated carbocycles. The molecule has 1 aromatic carbocycles. The number of rotatable bonds is 1. The average Bonchev–Trinajstić information content (AvgIpc) is 2.77. The number of para-hydroxylation sites is 2. The maximum atomic E-state index is 12.3. The molecule has 3 rings (SSSR count). The Balaban J connectivity index is 2.09. The summed E-state index contributed by atoms with van der Waals surface area (Å²) in [6, 6.07) is 6.47. The van der Waals surface area contributed by atoms with Gasteiger partial charge in [-0.2, -0.15) is 0 Å². The molecule has 1 N–H and O–H groups in total. The Morgan fingerprint density at radius 2 is 1.90 bits per heavy atom. The molecule has 0 atom stereocenters. The lowest BCUT2D eigenvalue weighted by atomic mass is 10.1. The number of anilines is 1. The summed E-state index contributed by atoms with van der Waals surface area (Å²) in [5.74, 6) is -0.710. The van der Waals surface area contributed by atoms with Crippen molar-refractivity contribution in [3.05, 3.63) is 35.7 Å². The number of benzene rings is 1. The molecule has 21 heavy (non-hydrogen) atoms. The van der Waals surface area contributed by atoms with Crippen LogP contribution in [0.25, 0.3) is 0 Å². The summed E-state index contributed by atoms with van der Waals surface area (Å²) in [6.45, 7) is 1.83. The zero-order valence-electron chi connectivity index (χ0n) is 11.5. The zero-order chi connectivity index (χ0) is 15.1. The van der Waals surface area contributed by atoms with Gasteiger partial charge in [-0.3, -0.25) is 19.8 Å². The molecule has 108 valence electrons. The van der Waals surface area contributed by atoms with E-state index in [9.17, 15) is 14.4 Å². The number of barbiturate groups is 1. The number of carbonyl (C=O) groups excluding carboxylic acids is 3. The summed E-state index contributed by atoms with van der Waals surface area (Å²) in [6.07, 6.45) is 0. The van der Waals surface area contributed by atoms with Crippen molar-refractivity contribution in [3.8, 4) is 5.75 Å². The molecule has 1 saturated heterocycles. The molecule has 2 heterocycles. The number of nitrogens with one attached hydrogen (secondary N) is 1. The molecule has 0 unspecified atom stereocenters. The highest BCUT2D eigenvalue weighted by molar-refractivity contribution is 6.29. The first-order chi connectivity index (χ1) is 10.0. The smallest absolute Gasteiger partial charge is 0.331 e. The highest BCUT2D eigenvalue weighted by Crippen LogP contribution is 2.38. The lowest BCUT2D eigenvalue weighted by Crippen LogP contribution is -2.55. The van der Waals surface area contributed by atoms with Gasteiger partial charge in [0, 0.05) is 13.6 Å². The number of urea groups is 1. The van der Waals surface area contributed by atoms with E-state index in [1.54, 1.807) is 31.0 Å². The first kappa shape index (κ1) is 13.2. The number of imide groups is 2. The Labute approximate surface area is 120 Å². The summed E-state index contributed by atoms with van der Waals surface area (Å²) in [5.41, 5.74) is 0.579. The first-order valence-electron chi connectivity index (χ1n) is 6.46. The van der Waals surface area contributed by atoms with Crippen LogP contribution < -0.4 is 15.0 Å². The van der Waals surface area contributed by atoms with Crippen LogP contribution in [0.4, 0.5) is 10.5 Å². The van der Waals surface area contributed by atoms with E-state index in [0.717, 1.165) is 10.6 Å². The average molecular weight is 287 g/mol. The van der Waals surface area contributed by atoms with E-state index in [-0.39, 0.29) is 18.0 Å². The molecule has 0 spiro atoms. The summed E-state index contributed by atoms with van der Waals surface area (Å²) in [5, 5.41) is 2.15. The van der Waals surface area contributed by atoms with Crippen molar-refractivity contribution in [2.75, 3.05) is 18.5 Å². The summed E-state index contributed by atoms with van der Waals surface area (Å²) in [4.78, 5) is 38.5. The quantitative estimate of drug-likeness (QED) is 0.611. The van der Waals surface area contributed by atoms with Gasteiger partial charge in [0.15, 0.2) is 11.3 Å². The van der Waals surface area contributed by atoms with Gasteiger partial charge < -0.3 is 9.64 Å². The molecule has 0 bridgehead atoms. The molecule has 1 fully saturated rings. The number of carbonyl (C=O) groups is 3. The van der Waals surface area contributed by atoms with Crippen LogP contribution in [0.15, 0.2) is 35.7 Å². The van der Waals surface area contributed by atoms with Crippen LogP contribution in [0, 0.1) is 0 Å². The van der Waals surface area contributed by atoms with Gasteiger partial charge in [-0.25, -0.2) is 4.79 Å². The third-order valence-electron chi connectivity index (χ3n) is 3.42.